The summed E-state index contributed by atoms with van der Waals surface area (Å²) in [5.41, 5.74) is 1.18. The summed E-state index contributed by atoms with van der Waals surface area (Å²) in [6.45, 7) is 2.64. The average Bonchev–Trinajstić information content (AvgIpc) is 2.38. The summed E-state index contributed by atoms with van der Waals surface area (Å²) in [7, 11) is -1.19. The number of ketones is 3. The molecule has 5 nitrogen and oxygen atoms in total. The third-order valence-corrected chi connectivity index (χ3v) is 3.44. The summed E-state index contributed by atoms with van der Waals surface area (Å²) >= 11 is 0. The highest BCUT2D eigenvalue weighted by atomic mass is 16.5. The van der Waals surface area contributed by atoms with E-state index in [4.69, 9.17) is 4.65 Å². The van der Waals surface area contributed by atoms with Gasteiger partial charge in [-0.2, -0.15) is 0 Å². The monoisotopic (exact) mass is 274 g/mol. The van der Waals surface area contributed by atoms with Crippen LogP contribution in [-0.2, 0) is 16.0 Å². The van der Waals surface area contributed by atoms with E-state index in [0.29, 0.717) is 17.7 Å². The van der Waals surface area contributed by atoms with Gasteiger partial charge in [0, 0.05) is 19.2 Å². The second-order valence-corrected chi connectivity index (χ2v) is 5.01. The normalized spacial score (nSPS) is 17.1. The fourth-order valence-electron chi connectivity index (χ4n) is 2.32. The third kappa shape index (κ3) is 2.80. The SMILES string of the molecule is CC(=O)C(=O)C[C@H]1Cc2cccc(C(C)=O)c2OB1O. The number of fused-ring (bicyclic) bond motifs is 1. The molecule has 1 aromatic rings. The molecule has 1 heterocycles. The first kappa shape index (κ1) is 14.5. The lowest BCUT2D eigenvalue weighted by Gasteiger charge is -2.28. The van der Waals surface area contributed by atoms with Gasteiger partial charge in [-0.3, -0.25) is 14.4 Å². The van der Waals surface area contributed by atoms with Crippen molar-refractivity contribution in [3.8, 4) is 5.75 Å². The van der Waals surface area contributed by atoms with Gasteiger partial charge in [0.2, 0.25) is 0 Å². The Bertz CT molecular complexity index is 581. The molecule has 1 aliphatic rings. The summed E-state index contributed by atoms with van der Waals surface area (Å²) in [5, 5.41) is 9.96. The number of rotatable bonds is 4. The summed E-state index contributed by atoms with van der Waals surface area (Å²) in [6, 6.07) is 5.16. The Kier molecular flexibility index (Phi) is 4.04. The Morgan fingerprint density at radius 3 is 2.65 bits per heavy atom. The van der Waals surface area contributed by atoms with Crippen LogP contribution in [0.5, 0.6) is 5.75 Å². The van der Waals surface area contributed by atoms with Crippen LogP contribution in [0.25, 0.3) is 0 Å². The van der Waals surface area contributed by atoms with Crippen molar-refractivity contribution < 1.29 is 24.1 Å². The molecule has 0 spiro atoms. The van der Waals surface area contributed by atoms with Crippen molar-refractivity contribution in [2.45, 2.75) is 32.5 Å². The average molecular weight is 274 g/mol. The van der Waals surface area contributed by atoms with Gasteiger partial charge < -0.3 is 9.68 Å². The molecule has 6 heteroatoms. The second-order valence-electron chi connectivity index (χ2n) is 5.01. The van der Waals surface area contributed by atoms with Crippen LogP contribution in [0.3, 0.4) is 0 Å². The van der Waals surface area contributed by atoms with Crippen molar-refractivity contribution in [1.82, 2.24) is 0 Å². The van der Waals surface area contributed by atoms with Crippen LogP contribution >= 0.6 is 0 Å². The number of Topliss-reactive ketones (excluding diaryl/α,β-unsaturated/α-hetero) is 3. The first-order valence-corrected chi connectivity index (χ1v) is 6.41. The maximum absolute atomic E-state index is 11.5. The van der Waals surface area contributed by atoms with Crippen LogP contribution in [0.4, 0.5) is 0 Å². The fraction of sp³-hybridized carbons (Fsp3) is 0.357. The van der Waals surface area contributed by atoms with Crippen LogP contribution in [0, 0.1) is 0 Å². The lowest BCUT2D eigenvalue weighted by Crippen LogP contribution is -2.36. The molecule has 1 atom stereocenters. The zero-order valence-electron chi connectivity index (χ0n) is 11.4. The minimum atomic E-state index is -1.19. The molecule has 0 radical (unpaired) electrons. The number of carbonyl (C=O) groups is 3. The zero-order valence-corrected chi connectivity index (χ0v) is 11.4. The summed E-state index contributed by atoms with van der Waals surface area (Å²) in [5.74, 6) is -1.29. The molecule has 20 heavy (non-hydrogen) atoms. The van der Waals surface area contributed by atoms with Crippen LogP contribution in [0.2, 0.25) is 5.82 Å². The predicted octanol–water partition coefficient (Wildman–Crippen LogP) is 1.22. The van der Waals surface area contributed by atoms with Gasteiger partial charge in [0.05, 0.1) is 5.56 Å². The fourth-order valence-corrected chi connectivity index (χ4v) is 2.32. The van der Waals surface area contributed by atoms with E-state index < -0.39 is 24.5 Å². The van der Waals surface area contributed by atoms with Crippen molar-refractivity contribution in [3.05, 3.63) is 29.3 Å². The van der Waals surface area contributed by atoms with Gasteiger partial charge in [-0.15, -0.1) is 0 Å². The van der Waals surface area contributed by atoms with Gasteiger partial charge in [0.1, 0.15) is 5.75 Å². The number of benzene rings is 1. The van der Waals surface area contributed by atoms with Crippen molar-refractivity contribution in [2.75, 3.05) is 0 Å². The number of hydrogen-bond acceptors (Lipinski definition) is 5. The van der Waals surface area contributed by atoms with Gasteiger partial charge in [0.25, 0.3) is 0 Å². The smallest absolute Gasteiger partial charge is 0.526 e. The Balaban J connectivity index is 2.26. The Hall–Kier alpha value is -1.95. The molecule has 1 aliphatic heterocycles. The molecule has 0 saturated heterocycles. The van der Waals surface area contributed by atoms with Crippen molar-refractivity contribution in [1.29, 1.82) is 0 Å². The highest BCUT2D eigenvalue weighted by Crippen LogP contribution is 2.36. The summed E-state index contributed by atoms with van der Waals surface area (Å²) in [6.07, 6.45) is 0.344. The molecule has 0 unspecified atom stereocenters. The van der Waals surface area contributed by atoms with Gasteiger partial charge in [-0.1, -0.05) is 12.1 Å². The Morgan fingerprint density at radius 1 is 1.35 bits per heavy atom. The van der Waals surface area contributed by atoms with Gasteiger partial charge in [-0.05, 0) is 25.0 Å². The molecule has 0 bridgehead atoms. The highest BCUT2D eigenvalue weighted by Gasteiger charge is 2.37. The van der Waals surface area contributed by atoms with E-state index in [1.54, 1.807) is 18.2 Å². The van der Waals surface area contributed by atoms with Crippen LogP contribution < -0.4 is 4.65 Å². The molecular weight excluding hydrogens is 259 g/mol. The molecule has 104 valence electrons. The number of hydrogen-bond donors (Lipinski definition) is 1. The maximum Gasteiger partial charge on any atom is 0.526 e. The molecule has 0 fully saturated rings. The number of carbonyl (C=O) groups excluding carboxylic acids is 3. The van der Waals surface area contributed by atoms with Crippen LogP contribution in [-0.4, -0.2) is 29.5 Å². The lowest BCUT2D eigenvalue weighted by molar-refractivity contribution is -0.135. The maximum atomic E-state index is 11.5. The minimum absolute atomic E-state index is 0.0553. The lowest BCUT2D eigenvalue weighted by atomic mass is 9.64. The van der Waals surface area contributed by atoms with E-state index >= 15 is 0 Å². The molecule has 1 aromatic carbocycles. The summed E-state index contributed by atoms with van der Waals surface area (Å²) in [4.78, 5) is 34.0. The van der Waals surface area contributed by atoms with E-state index in [1.807, 2.05) is 0 Å². The third-order valence-electron chi connectivity index (χ3n) is 3.44. The van der Waals surface area contributed by atoms with Gasteiger partial charge >= 0.3 is 7.12 Å². The highest BCUT2D eigenvalue weighted by molar-refractivity contribution is 6.48. The van der Waals surface area contributed by atoms with Crippen molar-refractivity contribution in [3.63, 3.8) is 0 Å². The molecule has 0 saturated carbocycles. The second kappa shape index (κ2) is 5.59. The number of para-hydroxylation sites is 1. The van der Waals surface area contributed by atoms with Crippen LogP contribution in [0.15, 0.2) is 18.2 Å². The minimum Gasteiger partial charge on any atom is -0.535 e. The van der Waals surface area contributed by atoms with Crippen LogP contribution in [0.1, 0.15) is 36.2 Å². The van der Waals surface area contributed by atoms with Crippen molar-refractivity contribution in [2.24, 2.45) is 0 Å². The topological polar surface area (TPSA) is 80.7 Å². The Morgan fingerprint density at radius 2 is 2.05 bits per heavy atom. The molecule has 0 aromatic heterocycles. The molecular formula is C14H15BO5. The molecule has 0 amide bonds. The predicted molar refractivity (Wildman–Crippen MR) is 72.8 cm³/mol. The largest absolute Gasteiger partial charge is 0.535 e. The quantitative estimate of drug-likeness (QED) is 0.507. The van der Waals surface area contributed by atoms with E-state index in [2.05, 4.69) is 0 Å². The first-order valence-electron chi connectivity index (χ1n) is 6.41. The van der Waals surface area contributed by atoms with E-state index in [1.165, 1.54) is 13.8 Å². The van der Waals surface area contributed by atoms with E-state index in [-0.39, 0.29) is 12.2 Å². The standard InChI is InChI=1S/C14H15BO5/c1-8(16)12-5-3-4-10-6-11(7-13(18)9(2)17)15(19)20-14(10)12/h3-5,11,19H,6-7H2,1-2H3/t11-/m1/s1. The van der Waals surface area contributed by atoms with E-state index in [0.717, 1.165) is 5.56 Å². The Labute approximate surface area is 117 Å². The first-order chi connectivity index (χ1) is 9.40. The molecule has 1 N–H and O–H groups in total. The molecule has 2 rings (SSSR count). The van der Waals surface area contributed by atoms with Gasteiger partial charge in [-0.25, -0.2) is 0 Å². The zero-order chi connectivity index (χ0) is 14.9. The van der Waals surface area contributed by atoms with Crippen molar-refractivity contribution >= 4 is 24.5 Å². The van der Waals surface area contributed by atoms with E-state index in [9.17, 15) is 19.4 Å². The summed E-state index contributed by atoms with van der Waals surface area (Å²) < 4.78 is 5.39. The molecule has 0 aliphatic carbocycles. The van der Waals surface area contributed by atoms with Gasteiger partial charge in [0.15, 0.2) is 17.3 Å².